The highest BCUT2D eigenvalue weighted by Crippen LogP contribution is 2.65. The average molecular weight is 459 g/mol. The zero-order chi connectivity index (χ0) is 24.9. The molecule has 4 nitrogen and oxygen atoms in total. The Morgan fingerprint density at radius 3 is 1.79 bits per heavy atom. The molecule has 0 saturated heterocycles. The van der Waals surface area contributed by atoms with Gasteiger partial charge in [0, 0.05) is 5.41 Å². The topological polar surface area (TPSA) is 36.9 Å². The molecule has 178 valence electrons. The van der Waals surface area contributed by atoms with Gasteiger partial charge in [0.05, 0.1) is 13.2 Å². The molecule has 0 aromatic heterocycles. The van der Waals surface area contributed by atoms with E-state index in [4.69, 9.17) is 31.8 Å². The highest BCUT2D eigenvalue weighted by atomic mass is 16.5. The van der Waals surface area contributed by atoms with Gasteiger partial charge in [-0.25, -0.2) is 0 Å². The normalized spacial score (nSPS) is 20.7. The lowest BCUT2D eigenvalue weighted by Crippen LogP contribution is -2.27. The molecule has 34 heavy (non-hydrogen) atoms. The van der Waals surface area contributed by atoms with Gasteiger partial charge in [0.25, 0.3) is 0 Å². The summed E-state index contributed by atoms with van der Waals surface area (Å²) in [6, 6.07) is 6.25. The number of hydrogen-bond acceptors (Lipinski definition) is 4. The molecule has 0 fully saturated rings. The maximum absolute atomic E-state index is 6.15. The van der Waals surface area contributed by atoms with Crippen LogP contribution in [-0.2, 0) is 16.2 Å². The highest BCUT2D eigenvalue weighted by Gasteiger charge is 2.57. The fourth-order valence-corrected chi connectivity index (χ4v) is 6.57. The third-order valence-corrected chi connectivity index (χ3v) is 7.43. The van der Waals surface area contributed by atoms with Crippen LogP contribution in [0.3, 0.4) is 0 Å². The Kier molecular flexibility index (Phi) is 5.77. The van der Waals surface area contributed by atoms with E-state index in [9.17, 15) is 0 Å². The molecule has 2 aliphatic carbocycles. The second kappa shape index (κ2) is 8.21. The zero-order valence-electron chi connectivity index (χ0n) is 21.3. The standard InChI is InChI=1S/C30H34O4/c1-10-31-23-14-20-21(15-24(23)32-11-2)30(17-28(20,6)7)18-29(8,9)22-16-25(33-12-3)27(34-13-4)19(5)26(22)30/h1-2,14-16H,12-13,17-18H2,3-9H3. The van der Waals surface area contributed by atoms with E-state index in [1.165, 1.54) is 22.3 Å². The third kappa shape index (κ3) is 3.40. The fraction of sp³-hybridized carbons (Fsp3) is 0.467. The van der Waals surface area contributed by atoms with Crippen LogP contribution in [0.5, 0.6) is 23.0 Å². The summed E-state index contributed by atoms with van der Waals surface area (Å²) in [5.74, 6) is 2.59. The molecule has 4 rings (SSSR count). The van der Waals surface area contributed by atoms with E-state index in [1.807, 2.05) is 26.0 Å². The predicted molar refractivity (Wildman–Crippen MR) is 135 cm³/mol. The van der Waals surface area contributed by atoms with Crippen LogP contribution in [0.4, 0.5) is 0 Å². The first-order valence-corrected chi connectivity index (χ1v) is 11.9. The average Bonchev–Trinajstić information content (AvgIpc) is 3.11. The minimum atomic E-state index is -0.222. The molecule has 0 saturated carbocycles. The molecule has 0 bridgehead atoms. The van der Waals surface area contributed by atoms with Crippen molar-refractivity contribution in [2.75, 3.05) is 13.2 Å². The van der Waals surface area contributed by atoms with Crippen LogP contribution in [0.25, 0.3) is 0 Å². The van der Waals surface area contributed by atoms with Gasteiger partial charge in [-0.15, -0.1) is 0 Å². The number of ether oxygens (including phenoxy) is 4. The van der Waals surface area contributed by atoms with Gasteiger partial charge in [-0.1, -0.05) is 40.5 Å². The monoisotopic (exact) mass is 458 g/mol. The van der Waals surface area contributed by atoms with Crippen molar-refractivity contribution >= 4 is 0 Å². The molecule has 2 aliphatic rings. The summed E-state index contributed by atoms with van der Waals surface area (Å²) in [6.07, 6.45) is 17.4. The molecule has 1 atom stereocenters. The van der Waals surface area contributed by atoms with Crippen LogP contribution in [0.1, 0.15) is 82.2 Å². The van der Waals surface area contributed by atoms with E-state index in [1.54, 1.807) is 0 Å². The summed E-state index contributed by atoms with van der Waals surface area (Å²) in [7, 11) is 0. The summed E-state index contributed by atoms with van der Waals surface area (Å²) in [5, 5.41) is 0. The van der Waals surface area contributed by atoms with Crippen LogP contribution in [0.15, 0.2) is 18.2 Å². The molecule has 0 N–H and O–H groups in total. The number of rotatable bonds is 6. The molecule has 0 radical (unpaired) electrons. The maximum Gasteiger partial charge on any atom is 0.184 e. The van der Waals surface area contributed by atoms with Gasteiger partial charge in [0.1, 0.15) is 12.2 Å². The van der Waals surface area contributed by atoms with Gasteiger partial charge >= 0.3 is 0 Å². The van der Waals surface area contributed by atoms with Crippen molar-refractivity contribution in [3.8, 4) is 48.1 Å². The van der Waals surface area contributed by atoms with Crippen LogP contribution in [0.2, 0.25) is 0 Å². The predicted octanol–water partition coefficient (Wildman–Crippen LogP) is 6.38. The minimum Gasteiger partial charge on any atom is -0.490 e. The number of fused-ring (bicyclic) bond motifs is 4. The van der Waals surface area contributed by atoms with Crippen LogP contribution < -0.4 is 18.9 Å². The summed E-state index contributed by atoms with van der Waals surface area (Å²) in [6.45, 7) is 16.5. The lowest BCUT2D eigenvalue weighted by Gasteiger charge is -2.32. The Morgan fingerprint density at radius 1 is 0.765 bits per heavy atom. The van der Waals surface area contributed by atoms with E-state index < -0.39 is 0 Å². The Labute approximate surface area is 203 Å². The smallest absolute Gasteiger partial charge is 0.184 e. The molecule has 1 unspecified atom stereocenters. The van der Waals surface area contributed by atoms with Crippen molar-refractivity contribution in [1.29, 1.82) is 0 Å². The molecule has 1 spiro atoms. The molecule has 2 aromatic carbocycles. The molecule has 4 heteroatoms. The number of hydrogen-bond donors (Lipinski definition) is 0. The molecule has 0 amide bonds. The van der Waals surface area contributed by atoms with Gasteiger partial charge < -0.3 is 18.9 Å². The lowest BCUT2D eigenvalue weighted by molar-refractivity contribution is 0.285. The molecular weight excluding hydrogens is 424 g/mol. The lowest BCUT2D eigenvalue weighted by atomic mass is 9.71. The molecule has 0 aliphatic heterocycles. The van der Waals surface area contributed by atoms with Crippen LogP contribution in [0, 0.1) is 32.0 Å². The molecule has 2 aromatic rings. The molecule has 0 heterocycles. The quantitative estimate of drug-likeness (QED) is 0.471. The fourth-order valence-electron chi connectivity index (χ4n) is 6.57. The summed E-state index contributed by atoms with van der Waals surface area (Å²) in [4.78, 5) is 0. The van der Waals surface area contributed by atoms with Crippen molar-refractivity contribution in [3.63, 3.8) is 0 Å². The third-order valence-electron chi connectivity index (χ3n) is 7.43. The highest BCUT2D eigenvalue weighted by molar-refractivity contribution is 5.68. The Morgan fingerprint density at radius 2 is 1.26 bits per heavy atom. The van der Waals surface area contributed by atoms with E-state index in [-0.39, 0.29) is 16.2 Å². The van der Waals surface area contributed by atoms with E-state index in [0.29, 0.717) is 24.7 Å². The SMILES string of the molecule is C#COc1cc2c(cc1OC#C)C1(CC2(C)C)CC(C)(C)c2cc(OCC)c(OCC)c(C)c21. The first-order valence-electron chi connectivity index (χ1n) is 11.9. The van der Waals surface area contributed by atoms with Crippen molar-refractivity contribution < 1.29 is 18.9 Å². The van der Waals surface area contributed by atoms with Crippen LogP contribution in [-0.4, -0.2) is 13.2 Å². The van der Waals surface area contributed by atoms with Gasteiger partial charge in [0.2, 0.25) is 0 Å². The molecular formula is C30H34O4. The van der Waals surface area contributed by atoms with Gasteiger partial charge in [-0.2, -0.15) is 0 Å². The van der Waals surface area contributed by atoms with Crippen molar-refractivity contribution in [2.45, 2.75) is 77.6 Å². The second-order valence-corrected chi connectivity index (χ2v) is 10.6. The van der Waals surface area contributed by atoms with Crippen molar-refractivity contribution in [1.82, 2.24) is 0 Å². The van der Waals surface area contributed by atoms with Gasteiger partial charge in [-0.05, 0) is 90.5 Å². The Bertz CT molecular complexity index is 1220. The van der Waals surface area contributed by atoms with Gasteiger partial charge in [0.15, 0.2) is 23.0 Å². The first kappa shape index (κ1) is 23.9. The van der Waals surface area contributed by atoms with Crippen molar-refractivity contribution in [3.05, 3.63) is 46.0 Å². The second-order valence-electron chi connectivity index (χ2n) is 10.6. The largest absolute Gasteiger partial charge is 0.490 e. The minimum absolute atomic E-state index is 0.0600. The summed E-state index contributed by atoms with van der Waals surface area (Å²) >= 11 is 0. The van der Waals surface area contributed by atoms with E-state index in [2.05, 4.69) is 52.9 Å². The first-order chi connectivity index (χ1) is 16.1. The Hall–Kier alpha value is -3.24. The van der Waals surface area contributed by atoms with Crippen molar-refractivity contribution in [2.24, 2.45) is 0 Å². The summed E-state index contributed by atoms with van der Waals surface area (Å²) < 4.78 is 23.2. The van der Waals surface area contributed by atoms with E-state index in [0.717, 1.165) is 29.9 Å². The number of terminal acetylenes is 2. The van der Waals surface area contributed by atoms with Crippen LogP contribution >= 0.6 is 0 Å². The van der Waals surface area contributed by atoms with E-state index >= 15 is 0 Å². The Balaban J connectivity index is 2.06. The summed E-state index contributed by atoms with van der Waals surface area (Å²) in [5.41, 5.74) is 5.81. The zero-order valence-corrected chi connectivity index (χ0v) is 21.3. The maximum atomic E-state index is 6.15. The number of benzene rings is 2. The van der Waals surface area contributed by atoms with Gasteiger partial charge in [-0.3, -0.25) is 0 Å².